The molecule has 17 heavy (non-hydrogen) atoms. The Hall–Kier alpha value is -1.55. The molecule has 0 bridgehead atoms. The van der Waals surface area contributed by atoms with Crippen molar-refractivity contribution < 1.29 is 8.83 Å². The number of para-hydroxylation sites is 2. The molecule has 3 aromatic rings. The lowest BCUT2D eigenvalue weighted by Gasteiger charge is -2.02. The fourth-order valence-corrected chi connectivity index (χ4v) is 2.27. The fraction of sp³-hybridized carbons (Fsp3) is 0.154. The van der Waals surface area contributed by atoms with Crippen LogP contribution in [0.25, 0.3) is 11.1 Å². The van der Waals surface area contributed by atoms with E-state index in [4.69, 9.17) is 8.83 Å². The van der Waals surface area contributed by atoms with E-state index in [1.54, 1.807) is 12.5 Å². The van der Waals surface area contributed by atoms with Crippen LogP contribution in [-0.4, -0.2) is 4.98 Å². The smallest absolute Gasteiger partial charge is 0.196 e. The van der Waals surface area contributed by atoms with Crippen LogP contribution in [0.1, 0.15) is 16.3 Å². The molecular weight excluding hydrogens is 282 g/mol. The Balaban J connectivity index is 1.85. The summed E-state index contributed by atoms with van der Waals surface area (Å²) in [4.78, 5) is 4.60. The standard InChI is InChI=1S/C13H10BrNO2/c14-10(9-5-6-16-8-9)7-13-15-11-3-1-2-4-12(11)17-13/h1-6,8,10H,7H2. The molecule has 1 aromatic carbocycles. The molecule has 2 aromatic heterocycles. The third-order valence-corrected chi connectivity index (χ3v) is 3.45. The van der Waals surface area contributed by atoms with Crippen LogP contribution in [0, 0.1) is 0 Å². The molecular formula is C13H10BrNO2. The Morgan fingerprint density at radius 1 is 1.24 bits per heavy atom. The van der Waals surface area contributed by atoms with Crippen LogP contribution in [0.15, 0.2) is 51.7 Å². The molecule has 1 unspecified atom stereocenters. The van der Waals surface area contributed by atoms with Gasteiger partial charge in [0.05, 0.1) is 17.4 Å². The second-order valence-corrected chi connectivity index (χ2v) is 4.91. The van der Waals surface area contributed by atoms with Crippen molar-refractivity contribution >= 4 is 27.0 Å². The summed E-state index contributed by atoms with van der Waals surface area (Å²) in [7, 11) is 0. The molecule has 0 aliphatic heterocycles. The van der Waals surface area contributed by atoms with E-state index in [1.165, 1.54) is 0 Å². The molecule has 0 radical (unpaired) electrons. The van der Waals surface area contributed by atoms with Crippen molar-refractivity contribution in [2.45, 2.75) is 11.2 Å². The molecule has 1 atom stereocenters. The lowest BCUT2D eigenvalue weighted by molar-refractivity contribution is 0.525. The normalized spacial score (nSPS) is 13.0. The average Bonchev–Trinajstić information content (AvgIpc) is 2.97. The molecule has 0 aliphatic rings. The van der Waals surface area contributed by atoms with Crippen molar-refractivity contribution in [2.24, 2.45) is 0 Å². The molecule has 0 aliphatic carbocycles. The number of rotatable bonds is 3. The highest BCUT2D eigenvalue weighted by Crippen LogP contribution is 2.28. The number of halogens is 1. The van der Waals surface area contributed by atoms with Gasteiger partial charge in [-0.25, -0.2) is 4.98 Å². The Bertz CT molecular complexity index is 582. The molecule has 0 spiro atoms. The van der Waals surface area contributed by atoms with Gasteiger partial charge in [0.1, 0.15) is 5.52 Å². The number of benzene rings is 1. The molecule has 0 saturated heterocycles. The first-order valence-corrected chi connectivity index (χ1v) is 6.25. The van der Waals surface area contributed by atoms with Crippen LogP contribution in [0.3, 0.4) is 0 Å². The molecule has 0 N–H and O–H groups in total. The average molecular weight is 292 g/mol. The summed E-state index contributed by atoms with van der Waals surface area (Å²) in [6.07, 6.45) is 4.09. The Kier molecular flexibility index (Phi) is 2.73. The minimum Gasteiger partial charge on any atom is -0.472 e. The zero-order valence-electron chi connectivity index (χ0n) is 8.97. The van der Waals surface area contributed by atoms with Gasteiger partial charge in [-0.2, -0.15) is 0 Å². The predicted octanol–water partition coefficient (Wildman–Crippen LogP) is 4.10. The molecule has 0 amide bonds. The highest BCUT2D eigenvalue weighted by Gasteiger charge is 2.14. The highest BCUT2D eigenvalue weighted by atomic mass is 79.9. The number of aromatic nitrogens is 1. The van der Waals surface area contributed by atoms with Crippen molar-refractivity contribution in [3.05, 3.63) is 54.3 Å². The number of furan rings is 1. The van der Waals surface area contributed by atoms with E-state index in [0.29, 0.717) is 6.42 Å². The summed E-state index contributed by atoms with van der Waals surface area (Å²) in [5, 5.41) is 0. The quantitative estimate of drug-likeness (QED) is 0.682. The summed E-state index contributed by atoms with van der Waals surface area (Å²) in [5.74, 6) is 0.731. The van der Waals surface area contributed by atoms with E-state index in [9.17, 15) is 0 Å². The van der Waals surface area contributed by atoms with Crippen LogP contribution in [-0.2, 0) is 6.42 Å². The van der Waals surface area contributed by atoms with E-state index in [2.05, 4.69) is 20.9 Å². The maximum atomic E-state index is 5.67. The summed E-state index contributed by atoms with van der Waals surface area (Å²) in [6, 6.07) is 9.70. The van der Waals surface area contributed by atoms with Gasteiger partial charge in [-0.15, -0.1) is 0 Å². The first kappa shape index (κ1) is 10.6. The third kappa shape index (κ3) is 2.13. The van der Waals surface area contributed by atoms with Gasteiger partial charge in [-0.05, 0) is 18.2 Å². The number of fused-ring (bicyclic) bond motifs is 1. The second kappa shape index (κ2) is 4.37. The number of hydrogen-bond donors (Lipinski definition) is 0. The first-order valence-electron chi connectivity index (χ1n) is 5.33. The Labute approximate surface area is 107 Å². The largest absolute Gasteiger partial charge is 0.472 e. The zero-order chi connectivity index (χ0) is 11.7. The second-order valence-electron chi connectivity index (χ2n) is 3.80. The van der Waals surface area contributed by atoms with Crippen LogP contribution in [0.2, 0.25) is 0 Å². The van der Waals surface area contributed by atoms with Crippen LogP contribution in [0.4, 0.5) is 0 Å². The first-order chi connectivity index (χ1) is 8.33. The molecule has 2 heterocycles. The topological polar surface area (TPSA) is 39.2 Å². The minimum atomic E-state index is 0.161. The molecule has 0 fully saturated rings. The molecule has 3 nitrogen and oxygen atoms in total. The summed E-state index contributed by atoms with van der Waals surface area (Å²) in [5.41, 5.74) is 2.82. The third-order valence-electron chi connectivity index (χ3n) is 2.60. The van der Waals surface area contributed by atoms with E-state index in [-0.39, 0.29) is 4.83 Å². The van der Waals surface area contributed by atoms with Crippen molar-refractivity contribution in [2.75, 3.05) is 0 Å². The molecule has 86 valence electrons. The van der Waals surface area contributed by atoms with Crippen molar-refractivity contribution in [1.82, 2.24) is 4.98 Å². The maximum absolute atomic E-state index is 5.67. The van der Waals surface area contributed by atoms with Crippen LogP contribution < -0.4 is 0 Å². The van der Waals surface area contributed by atoms with E-state index in [0.717, 1.165) is 22.6 Å². The fourth-order valence-electron chi connectivity index (χ4n) is 1.73. The van der Waals surface area contributed by atoms with Crippen LogP contribution in [0.5, 0.6) is 0 Å². The number of nitrogens with zero attached hydrogens (tertiary/aromatic N) is 1. The van der Waals surface area contributed by atoms with E-state index >= 15 is 0 Å². The summed E-state index contributed by atoms with van der Waals surface area (Å²) in [6.45, 7) is 0. The van der Waals surface area contributed by atoms with Gasteiger partial charge in [-0.1, -0.05) is 28.1 Å². The van der Waals surface area contributed by atoms with Gasteiger partial charge in [-0.3, -0.25) is 0 Å². The number of oxazole rings is 1. The molecule has 0 saturated carbocycles. The molecule has 4 heteroatoms. The zero-order valence-corrected chi connectivity index (χ0v) is 10.6. The lowest BCUT2D eigenvalue weighted by atomic mass is 10.2. The highest BCUT2D eigenvalue weighted by molar-refractivity contribution is 9.09. The van der Waals surface area contributed by atoms with Crippen molar-refractivity contribution in [3.63, 3.8) is 0 Å². The number of hydrogen-bond acceptors (Lipinski definition) is 3. The van der Waals surface area contributed by atoms with Gasteiger partial charge in [0, 0.05) is 12.0 Å². The van der Waals surface area contributed by atoms with E-state index < -0.39 is 0 Å². The Morgan fingerprint density at radius 3 is 2.88 bits per heavy atom. The van der Waals surface area contributed by atoms with Crippen molar-refractivity contribution in [1.29, 1.82) is 0 Å². The SMILES string of the molecule is BrC(Cc1nc2ccccc2o1)c1ccoc1. The van der Waals surface area contributed by atoms with Gasteiger partial charge in [0.25, 0.3) is 0 Å². The Morgan fingerprint density at radius 2 is 2.12 bits per heavy atom. The predicted molar refractivity (Wildman–Crippen MR) is 68.1 cm³/mol. The molecule has 3 rings (SSSR count). The van der Waals surface area contributed by atoms with Crippen molar-refractivity contribution in [3.8, 4) is 0 Å². The minimum absolute atomic E-state index is 0.161. The summed E-state index contributed by atoms with van der Waals surface area (Å²) >= 11 is 3.60. The maximum Gasteiger partial charge on any atom is 0.196 e. The van der Waals surface area contributed by atoms with E-state index in [1.807, 2.05) is 30.3 Å². The lowest BCUT2D eigenvalue weighted by Crippen LogP contribution is -1.93. The van der Waals surface area contributed by atoms with Crippen LogP contribution >= 0.6 is 15.9 Å². The monoisotopic (exact) mass is 291 g/mol. The van der Waals surface area contributed by atoms with Gasteiger partial charge >= 0.3 is 0 Å². The van der Waals surface area contributed by atoms with Gasteiger partial charge in [0.2, 0.25) is 0 Å². The number of alkyl halides is 1. The van der Waals surface area contributed by atoms with Gasteiger partial charge < -0.3 is 8.83 Å². The summed E-state index contributed by atoms with van der Waals surface area (Å²) < 4.78 is 10.7. The van der Waals surface area contributed by atoms with Gasteiger partial charge in [0.15, 0.2) is 11.5 Å².